The van der Waals surface area contributed by atoms with E-state index in [0.717, 1.165) is 0 Å². The number of nitrogens with one attached hydrogen (secondary N) is 2. The SMILES string of the molecule is CNc1cc([N+](=O)[O-])cc(NCC(C)(C)CCO)n1. The first-order valence-electron chi connectivity index (χ1n) is 6.07. The molecule has 3 N–H and O–H groups in total. The summed E-state index contributed by atoms with van der Waals surface area (Å²) >= 11 is 0. The monoisotopic (exact) mass is 268 g/mol. The molecule has 1 aromatic heterocycles. The Labute approximate surface area is 112 Å². The number of hydrogen-bond donors (Lipinski definition) is 3. The van der Waals surface area contributed by atoms with E-state index in [1.807, 2.05) is 13.8 Å². The lowest BCUT2D eigenvalue weighted by Gasteiger charge is -2.24. The third kappa shape index (κ3) is 4.70. The number of pyridine rings is 1. The number of anilines is 2. The van der Waals surface area contributed by atoms with E-state index < -0.39 is 4.92 Å². The molecule has 0 unspecified atom stereocenters. The fraction of sp³-hybridized carbons (Fsp3) is 0.583. The number of rotatable bonds is 7. The van der Waals surface area contributed by atoms with E-state index in [4.69, 9.17) is 5.11 Å². The first-order chi connectivity index (χ1) is 8.88. The van der Waals surface area contributed by atoms with Crippen molar-refractivity contribution in [2.75, 3.05) is 30.8 Å². The zero-order chi connectivity index (χ0) is 14.5. The summed E-state index contributed by atoms with van der Waals surface area (Å²) in [7, 11) is 1.66. The van der Waals surface area contributed by atoms with Crippen LogP contribution in [0.4, 0.5) is 17.3 Å². The van der Waals surface area contributed by atoms with E-state index >= 15 is 0 Å². The molecule has 0 aliphatic carbocycles. The van der Waals surface area contributed by atoms with Crippen LogP contribution >= 0.6 is 0 Å². The number of aliphatic hydroxyl groups excluding tert-OH is 1. The van der Waals surface area contributed by atoms with Gasteiger partial charge in [-0.3, -0.25) is 10.1 Å². The van der Waals surface area contributed by atoms with Crippen LogP contribution in [0.2, 0.25) is 0 Å². The summed E-state index contributed by atoms with van der Waals surface area (Å²) in [6.45, 7) is 4.70. The summed E-state index contributed by atoms with van der Waals surface area (Å²) < 4.78 is 0. The molecule has 106 valence electrons. The Morgan fingerprint density at radius 2 is 2.05 bits per heavy atom. The van der Waals surface area contributed by atoms with Crippen molar-refractivity contribution in [2.45, 2.75) is 20.3 Å². The van der Waals surface area contributed by atoms with Gasteiger partial charge in [0.05, 0.1) is 17.1 Å². The molecule has 0 aliphatic heterocycles. The lowest BCUT2D eigenvalue weighted by molar-refractivity contribution is -0.384. The molecular weight excluding hydrogens is 248 g/mol. The Balaban J connectivity index is 2.83. The van der Waals surface area contributed by atoms with Crippen molar-refractivity contribution in [1.29, 1.82) is 0 Å². The van der Waals surface area contributed by atoms with Gasteiger partial charge in [0, 0.05) is 20.2 Å². The maximum atomic E-state index is 10.8. The maximum absolute atomic E-state index is 10.8. The fourth-order valence-corrected chi connectivity index (χ4v) is 1.56. The van der Waals surface area contributed by atoms with E-state index in [2.05, 4.69) is 15.6 Å². The van der Waals surface area contributed by atoms with Gasteiger partial charge in [0.15, 0.2) is 0 Å². The van der Waals surface area contributed by atoms with Crippen molar-refractivity contribution >= 4 is 17.3 Å². The van der Waals surface area contributed by atoms with Gasteiger partial charge in [-0.15, -0.1) is 0 Å². The summed E-state index contributed by atoms with van der Waals surface area (Å²) in [6.07, 6.45) is 0.647. The average molecular weight is 268 g/mol. The average Bonchev–Trinajstić information content (AvgIpc) is 2.36. The van der Waals surface area contributed by atoms with Crippen LogP contribution in [-0.2, 0) is 0 Å². The van der Waals surface area contributed by atoms with Crippen LogP contribution in [0.5, 0.6) is 0 Å². The van der Waals surface area contributed by atoms with Gasteiger partial charge in [-0.1, -0.05) is 13.8 Å². The van der Waals surface area contributed by atoms with Crippen molar-refractivity contribution in [3.8, 4) is 0 Å². The highest BCUT2D eigenvalue weighted by atomic mass is 16.6. The lowest BCUT2D eigenvalue weighted by atomic mass is 9.90. The van der Waals surface area contributed by atoms with Gasteiger partial charge in [-0.05, 0) is 11.8 Å². The third-order valence-corrected chi connectivity index (χ3v) is 2.81. The highest BCUT2D eigenvalue weighted by Crippen LogP contribution is 2.23. The Bertz CT molecular complexity index is 449. The van der Waals surface area contributed by atoms with Gasteiger partial charge < -0.3 is 15.7 Å². The van der Waals surface area contributed by atoms with Crippen LogP contribution in [-0.4, -0.2) is 35.2 Å². The van der Waals surface area contributed by atoms with Crippen LogP contribution < -0.4 is 10.6 Å². The highest BCUT2D eigenvalue weighted by Gasteiger charge is 2.18. The van der Waals surface area contributed by atoms with E-state index in [1.165, 1.54) is 12.1 Å². The predicted molar refractivity (Wildman–Crippen MR) is 74.4 cm³/mol. The molecule has 1 heterocycles. The predicted octanol–water partition coefficient (Wildman–Crippen LogP) is 1.85. The van der Waals surface area contributed by atoms with Crippen LogP contribution in [0.15, 0.2) is 12.1 Å². The van der Waals surface area contributed by atoms with Crippen LogP contribution in [0, 0.1) is 15.5 Å². The molecule has 7 heteroatoms. The largest absolute Gasteiger partial charge is 0.396 e. The van der Waals surface area contributed by atoms with Crippen molar-refractivity contribution in [2.24, 2.45) is 5.41 Å². The molecule has 0 bridgehead atoms. The quantitative estimate of drug-likeness (QED) is 0.515. The summed E-state index contributed by atoms with van der Waals surface area (Å²) in [5.74, 6) is 0.890. The van der Waals surface area contributed by atoms with E-state index in [-0.39, 0.29) is 17.7 Å². The second kappa shape index (κ2) is 6.33. The smallest absolute Gasteiger partial charge is 0.276 e. The number of aromatic nitrogens is 1. The molecule has 0 saturated carbocycles. The summed E-state index contributed by atoms with van der Waals surface area (Å²) in [4.78, 5) is 14.6. The van der Waals surface area contributed by atoms with Crippen molar-refractivity contribution in [3.05, 3.63) is 22.2 Å². The topological polar surface area (TPSA) is 100 Å². The van der Waals surface area contributed by atoms with Gasteiger partial charge in [-0.2, -0.15) is 0 Å². The lowest BCUT2D eigenvalue weighted by Crippen LogP contribution is -2.24. The van der Waals surface area contributed by atoms with E-state index in [1.54, 1.807) is 7.05 Å². The minimum absolute atomic E-state index is 0.0122. The van der Waals surface area contributed by atoms with E-state index in [0.29, 0.717) is 24.6 Å². The molecule has 0 saturated heterocycles. The van der Waals surface area contributed by atoms with Gasteiger partial charge in [0.2, 0.25) is 0 Å². The van der Waals surface area contributed by atoms with Crippen LogP contribution in [0.1, 0.15) is 20.3 Å². The molecule has 19 heavy (non-hydrogen) atoms. The number of hydrogen-bond acceptors (Lipinski definition) is 6. The molecule has 7 nitrogen and oxygen atoms in total. The molecule has 0 atom stereocenters. The van der Waals surface area contributed by atoms with Crippen LogP contribution in [0.3, 0.4) is 0 Å². The molecule has 0 aliphatic rings. The summed E-state index contributed by atoms with van der Waals surface area (Å²) in [5.41, 5.74) is -0.122. The van der Waals surface area contributed by atoms with Crippen molar-refractivity contribution < 1.29 is 10.0 Å². The Hall–Kier alpha value is -1.89. The minimum atomic E-state index is -0.452. The number of nitro groups is 1. The second-order valence-electron chi connectivity index (χ2n) is 5.09. The van der Waals surface area contributed by atoms with Crippen molar-refractivity contribution in [1.82, 2.24) is 4.98 Å². The van der Waals surface area contributed by atoms with Crippen LogP contribution in [0.25, 0.3) is 0 Å². The normalized spacial score (nSPS) is 11.2. The summed E-state index contributed by atoms with van der Waals surface area (Å²) in [6, 6.07) is 2.78. The third-order valence-electron chi connectivity index (χ3n) is 2.81. The van der Waals surface area contributed by atoms with Crippen molar-refractivity contribution in [3.63, 3.8) is 0 Å². The second-order valence-corrected chi connectivity index (χ2v) is 5.09. The first kappa shape index (κ1) is 15.2. The highest BCUT2D eigenvalue weighted by molar-refractivity contribution is 5.54. The molecule has 0 radical (unpaired) electrons. The minimum Gasteiger partial charge on any atom is -0.396 e. The van der Waals surface area contributed by atoms with Gasteiger partial charge in [0.1, 0.15) is 11.6 Å². The summed E-state index contributed by atoms with van der Waals surface area (Å²) in [5, 5.41) is 25.6. The Kier molecular flexibility index (Phi) is 5.05. The van der Waals surface area contributed by atoms with Gasteiger partial charge >= 0.3 is 0 Å². The molecule has 1 aromatic rings. The molecule has 0 amide bonds. The van der Waals surface area contributed by atoms with Gasteiger partial charge in [-0.25, -0.2) is 4.98 Å². The Morgan fingerprint density at radius 1 is 1.42 bits per heavy atom. The molecule has 0 aromatic carbocycles. The molecule has 0 fully saturated rings. The molecule has 0 spiro atoms. The zero-order valence-electron chi connectivity index (χ0n) is 11.4. The fourth-order valence-electron chi connectivity index (χ4n) is 1.56. The molecular formula is C12H20N4O3. The standard InChI is InChI=1S/C12H20N4O3/c1-12(2,4-5-17)8-14-11-7-9(16(18)19)6-10(13-3)15-11/h6-7,17H,4-5,8H2,1-3H3,(H2,13,14,15). The first-order valence-corrected chi connectivity index (χ1v) is 6.07. The number of aliphatic hydroxyl groups is 1. The Morgan fingerprint density at radius 3 is 2.58 bits per heavy atom. The zero-order valence-corrected chi connectivity index (χ0v) is 11.4. The number of nitrogens with zero attached hydrogens (tertiary/aromatic N) is 2. The van der Waals surface area contributed by atoms with E-state index in [9.17, 15) is 10.1 Å². The van der Waals surface area contributed by atoms with Gasteiger partial charge in [0.25, 0.3) is 5.69 Å². The molecule has 1 rings (SSSR count). The maximum Gasteiger partial charge on any atom is 0.276 e.